The van der Waals surface area contributed by atoms with Crippen molar-refractivity contribution in [2.24, 2.45) is 5.41 Å². The SMILES string of the molecule is Cc1ncnc2c1ccn2[C@@H]1C[C@@]2(CO[C@@H](CCc3ccc(N)nc3)C2)[C@@H](O)[C@H]1O. The molecule has 0 radical (unpaired) electrons. The molecule has 2 fully saturated rings. The van der Waals surface area contributed by atoms with Gasteiger partial charge in [-0.05, 0) is 50.3 Å². The van der Waals surface area contributed by atoms with Crippen LogP contribution in [0.2, 0.25) is 0 Å². The number of anilines is 1. The number of fused-ring (bicyclic) bond motifs is 1. The van der Waals surface area contributed by atoms with E-state index in [4.69, 9.17) is 10.5 Å². The monoisotopic (exact) mass is 409 g/mol. The first-order valence-corrected chi connectivity index (χ1v) is 10.4. The maximum atomic E-state index is 11.0. The number of pyridine rings is 1. The molecule has 0 bridgehead atoms. The van der Waals surface area contributed by atoms with E-state index in [1.54, 1.807) is 18.6 Å². The van der Waals surface area contributed by atoms with Gasteiger partial charge in [0.1, 0.15) is 23.9 Å². The summed E-state index contributed by atoms with van der Waals surface area (Å²) in [6.07, 6.45) is 6.72. The Morgan fingerprint density at radius 1 is 1.20 bits per heavy atom. The summed E-state index contributed by atoms with van der Waals surface area (Å²) in [4.78, 5) is 12.8. The van der Waals surface area contributed by atoms with Crippen LogP contribution in [0.15, 0.2) is 36.9 Å². The molecule has 4 heterocycles. The summed E-state index contributed by atoms with van der Waals surface area (Å²) in [5.74, 6) is 0.516. The zero-order valence-electron chi connectivity index (χ0n) is 17.0. The van der Waals surface area contributed by atoms with Gasteiger partial charge in [-0.3, -0.25) is 0 Å². The Kier molecular flexibility index (Phi) is 4.72. The summed E-state index contributed by atoms with van der Waals surface area (Å²) in [6.45, 7) is 2.40. The molecule has 5 rings (SSSR count). The molecule has 3 aromatic rings. The van der Waals surface area contributed by atoms with Crippen LogP contribution in [0.4, 0.5) is 5.82 Å². The summed E-state index contributed by atoms with van der Waals surface area (Å²) in [5.41, 5.74) is 8.03. The maximum Gasteiger partial charge on any atom is 0.143 e. The number of aliphatic hydroxyl groups is 2. The summed E-state index contributed by atoms with van der Waals surface area (Å²) in [7, 11) is 0. The molecule has 1 aliphatic carbocycles. The Morgan fingerprint density at radius 3 is 2.87 bits per heavy atom. The fraction of sp³-hybridized carbons (Fsp3) is 0.500. The van der Waals surface area contributed by atoms with Crippen molar-refractivity contribution >= 4 is 16.9 Å². The predicted octanol–water partition coefficient (Wildman–Crippen LogP) is 1.79. The van der Waals surface area contributed by atoms with Gasteiger partial charge in [0, 0.05) is 23.2 Å². The van der Waals surface area contributed by atoms with E-state index in [-0.39, 0.29) is 12.1 Å². The van der Waals surface area contributed by atoms with Gasteiger partial charge < -0.3 is 25.3 Å². The molecule has 30 heavy (non-hydrogen) atoms. The van der Waals surface area contributed by atoms with E-state index in [2.05, 4.69) is 15.0 Å². The lowest BCUT2D eigenvalue weighted by atomic mass is 9.80. The highest BCUT2D eigenvalue weighted by molar-refractivity contribution is 5.78. The van der Waals surface area contributed by atoms with E-state index in [1.807, 2.05) is 29.8 Å². The smallest absolute Gasteiger partial charge is 0.143 e. The molecule has 8 nitrogen and oxygen atoms in total. The van der Waals surface area contributed by atoms with E-state index in [0.29, 0.717) is 18.8 Å². The van der Waals surface area contributed by atoms with Crippen LogP contribution in [0.3, 0.4) is 0 Å². The molecular formula is C22H27N5O3. The number of aryl methyl sites for hydroxylation is 2. The standard InChI is InChI=1S/C22H27N5O3/c1-13-16-6-7-27(21(16)26-12-25-13)17-9-22(20(29)19(17)28)8-15(30-11-22)4-2-14-3-5-18(23)24-10-14/h3,5-7,10,12,15,17,19-20,28-29H,2,4,8-9,11H2,1H3,(H2,23,24)/t15-,17+,19-,20-,22-/m0/s1. The lowest BCUT2D eigenvalue weighted by Gasteiger charge is -2.26. The molecule has 2 aliphatic rings. The molecule has 158 valence electrons. The quantitative estimate of drug-likeness (QED) is 0.601. The van der Waals surface area contributed by atoms with E-state index in [1.165, 1.54) is 0 Å². The van der Waals surface area contributed by atoms with Crippen LogP contribution >= 0.6 is 0 Å². The highest BCUT2D eigenvalue weighted by atomic mass is 16.5. The third-order valence-corrected chi connectivity index (χ3v) is 6.87. The Morgan fingerprint density at radius 2 is 2.07 bits per heavy atom. The summed E-state index contributed by atoms with van der Waals surface area (Å²) < 4.78 is 8.06. The summed E-state index contributed by atoms with van der Waals surface area (Å²) >= 11 is 0. The van der Waals surface area contributed by atoms with Gasteiger partial charge in [0.05, 0.1) is 30.6 Å². The normalized spacial score (nSPS) is 31.2. The fourth-order valence-corrected chi connectivity index (χ4v) is 5.16. The van der Waals surface area contributed by atoms with Gasteiger partial charge in [-0.15, -0.1) is 0 Å². The number of aliphatic hydroxyl groups excluding tert-OH is 2. The minimum Gasteiger partial charge on any atom is -0.390 e. The van der Waals surface area contributed by atoms with Gasteiger partial charge in [-0.1, -0.05) is 6.07 Å². The summed E-state index contributed by atoms with van der Waals surface area (Å²) in [5, 5.41) is 22.9. The van der Waals surface area contributed by atoms with Crippen molar-refractivity contribution in [3.8, 4) is 0 Å². The number of nitrogens with two attached hydrogens (primary N) is 1. The number of nitrogen functional groups attached to an aromatic ring is 1. The van der Waals surface area contributed by atoms with Crippen molar-refractivity contribution < 1.29 is 14.9 Å². The average Bonchev–Trinajstić information content (AvgIpc) is 3.42. The van der Waals surface area contributed by atoms with E-state index < -0.39 is 17.6 Å². The molecule has 4 N–H and O–H groups in total. The largest absolute Gasteiger partial charge is 0.390 e. The molecule has 5 atom stereocenters. The highest BCUT2D eigenvalue weighted by Gasteiger charge is 2.57. The first-order chi connectivity index (χ1) is 14.5. The van der Waals surface area contributed by atoms with Gasteiger partial charge in [0.2, 0.25) is 0 Å². The molecule has 3 aromatic heterocycles. The van der Waals surface area contributed by atoms with Crippen LogP contribution in [0.5, 0.6) is 0 Å². The molecule has 0 amide bonds. The van der Waals surface area contributed by atoms with Crippen molar-refractivity contribution in [3.63, 3.8) is 0 Å². The first kappa shape index (κ1) is 19.4. The second kappa shape index (κ2) is 7.30. The number of ether oxygens (including phenoxy) is 1. The lowest BCUT2D eigenvalue weighted by molar-refractivity contribution is -0.0309. The number of hydrogen-bond donors (Lipinski definition) is 3. The number of nitrogens with zero attached hydrogens (tertiary/aromatic N) is 4. The van der Waals surface area contributed by atoms with Crippen molar-refractivity contribution in [1.82, 2.24) is 19.5 Å². The average molecular weight is 409 g/mol. The van der Waals surface area contributed by atoms with Gasteiger partial charge in [0.15, 0.2) is 0 Å². The van der Waals surface area contributed by atoms with Crippen molar-refractivity contribution in [1.29, 1.82) is 0 Å². The van der Waals surface area contributed by atoms with E-state index >= 15 is 0 Å². The van der Waals surface area contributed by atoms with Crippen LogP contribution in [-0.2, 0) is 11.2 Å². The van der Waals surface area contributed by atoms with Crippen LogP contribution < -0.4 is 5.73 Å². The minimum atomic E-state index is -0.862. The fourth-order valence-electron chi connectivity index (χ4n) is 5.16. The molecule has 1 saturated carbocycles. The number of rotatable bonds is 4. The molecule has 0 aromatic carbocycles. The molecule has 1 spiro atoms. The predicted molar refractivity (Wildman–Crippen MR) is 112 cm³/mol. The van der Waals surface area contributed by atoms with Crippen molar-refractivity contribution in [2.75, 3.05) is 12.3 Å². The Bertz CT molecular complexity index is 1050. The Balaban J connectivity index is 1.32. The zero-order valence-corrected chi connectivity index (χ0v) is 17.0. The van der Waals surface area contributed by atoms with Gasteiger partial charge >= 0.3 is 0 Å². The van der Waals surface area contributed by atoms with Crippen LogP contribution in [0, 0.1) is 12.3 Å². The first-order valence-electron chi connectivity index (χ1n) is 10.4. The van der Waals surface area contributed by atoms with Crippen LogP contribution in [0.1, 0.15) is 36.6 Å². The Labute approximate surface area is 174 Å². The molecule has 1 saturated heterocycles. The van der Waals surface area contributed by atoms with E-state index in [9.17, 15) is 10.2 Å². The van der Waals surface area contributed by atoms with Gasteiger partial charge in [-0.25, -0.2) is 15.0 Å². The van der Waals surface area contributed by atoms with Gasteiger partial charge in [0.25, 0.3) is 0 Å². The van der Waals surface area contributed by atoms with E-state index in [0.717, 1.165) is 41.6 Å². The molecule has 0 unspecified atom stereocenters. The molecule has 8 heteroatoms. The third kappa shape index (κ3) is 3.15. The topological polar surface area (TPSA) is 119 Å². The molecule has 1 aliphatic heterocycles. The van der Waals surface area contributed by atoms with Crippen LogP contribution in [-0.4, -0.2) is 54.7 Å². The second-order valence-corrected chi connectivity index (χ2v) is 8.76. The summed E-state index contributed by atoms with van der Waals surface area (Å²) in [6, 6.07) is 5.53. The van der Waals surface area contributed by atoms with Gasteiger partial charge in [-0.2, -0.15) is 0 Å². The number of hydrogen-bond acceptors (Lipinski definition) is 7. The highest BCUT2D eigenvalue weighted by Crippen LogP contribution is 2.52. The number of aromatic nitrogens is 4. The minimum absolute atomic E-state index is 0.0501. The van der Waals surface area contributed by atoms with Crippen molar-refractivity contribution in [2.45, 2.75) is 57.0 Å². The lowest BCUT2D eigenvalue weighted by Crippen LogP contribution is -2.37. The second-order valence-electron chi connectivity index (χ2n) is 8.76. The molecular weight excluding hydrogens is 382 g/mol. The Hall–Kier alpha value is -2.55. The van der Waals surface area contributed by atoms with Crippen molar-refractivity contribution in [3.05, 3.63) is 48.2 Å². The third-order valence-electron chi connectivity index (χ3n) is 6.87. The zero-order chi connectivity index (χ0) is 20.9. The van der Waals surface area contributed by atoms with Crippen LogP contribution in [0.25, 0.3) is 11.0 Å². The maximum absolute atomic E-state index is 11.0.